The number of nitrogens with zero attached hydrogens (tertiary/aromatic N) is 1. The van der Waals surface area contributed by atoms with E-state index in [2.05, 4.69) is 5.32 Å². The van der Waals surface area contributed by atoms with E-state index in [1.807, 2.05) is 30.0 Å². The second-order valence-electron chi connectivity index (χ2n) is 4.50. The standard InChI is InChI=1S/C13H17N3O2/c1-8-4-3-5-10(6-14)12(8)16-7-11(17)15-13(18)9(16)2/h3-5,9H,6-7,14H2,1-2H3,(H,15,17,18). The minimum atomic E-state index is -0.367. The Labute approximate surface area is 106 Å². The van der Waals surface area contributed by atoms with E-state index in [1.54, 1.807) is 6.92 Å². The third-order valence-corrected chi connectivity index (χ3v) is 3.25. The highest BCUT2D eigenvalue weighted by Gasteiger charge is 2.31. The minimum absolute atomic E-state index is 0.185. The number of amides is 2. The third-order valence-electron chi connectivity index (χ3n) is 3.25. The second-order valence-corrected chi connectivity index (χ2v) is 4.50. The Morgan fingerprint density at radius 2 is 2.17 bits per heavy atom. The summed E-state index contributed by atoms with van der Waals surface area (Å²) in [5, 5.41) is 2.33. The summed E-state index contributed by atoms with van der Waals surface area (Å²) >= 11 is 0. The number of para-hydroxylation sites is 1. The van der Waals surface area contributed by atoms with Crippen molar-refractivity contribution < 1.29 is 9.59 Å². The van der Waals surface area contributed by atoms with Gasteiger partial charge in [-0.1, -0.05) is 18.2 Å². The van der Waals surface area contributed by atoms with Crippen LogP contribution in [0.3, 0.4) is 0 Å². The highest BCUT2D eigenvalue weighted by atomic mass is 16.2. The molecule has 96 valence electrons. The summed E-state index contributed by atoms with van der Waals surface area (Å²) in [5.74, 6) is -0.540. The van der Waals surface area contributed by atoms with Crippen LogP contribution in [0.1, 0.15) is 18.1 Å². The topological polar surface area (TPSA) is 75.4 Å². The molecule has 5 heteroatoms. The van der Waals surface area contributed by atoms with Gasteiger partial charge < -0.3 is 10.6 Å². The maximum absolute atomic E-state index is 11.7. The van der Waals surface area contributed by atoms with Crippen molar-refractivity contribution in [3.63, 3.8) is 0 Å². The molecule has 1 heterocycles. The van der Waals surface area contributed by atoms with Crippen molar-refractivity contribution in [1.29, 1.82) is 0 Å². The van der Waals surface area contributed by atoms with Crippen LogP contribution >= 0.6 is 0 Å². The van der Waals surface area contributed by atoms with Crippen LogP contribution in [0.2, 0.25) is 0 Å². The number of piperazine rings is 1. The summed E-state index contributed by atoms with van der Waals surface area (Å²) < 4.78 is 0. The first-order chi connectivity index (χ1) is 8.54. The Kier molecular flexibility index (Phi) is 3.34. The number of hydrogen-bond donors (Lipinski definition) is 2. The first-order valence-electron chi connectivity index (χ1n) is 5.93. The van der Waals surface area contributed by atoms with Gasteiger partial charge in [0.25, 0.3) is 0 Å². The Balaban J connectivity index is 2.47. The van der Waals surface area contributed by atoms with Crippen molar-refractivity contribution in [2.45, 2.75) is 26.4 Å². The third kappa shape index (κ3) is 2.09. The van der Waals surface area contributed by atoms with E-state index in [4.69, 9.17) is 5.73 Å². The van der Waals surface area contributed by atoms with Crippen molar-refractivity contribution in [2.24, 2.45) is 5.73 Å². The molecular formula is C13H17N3O2. The van der Waals surface area contributed by atoms with Gasteiger partial charge in [0.2, 0.25) is 11.8 Å². The van der Waals surface area contributed by atoms with Gasteiger partial charge in [0.1, 0.15) is 6.04 Å². The van der Waals surface area contributed by atoms with Gasteiger partial charge in [-0.15, -0.1) is 0 Å². The first-order valence-corrected chi connectivity index (χ1v) is 5.93. The molecule has 1 aromatic rings. The van der Waals surface area contributed by atoms with Crippen LogP contribution in [0, 0.1) is 6.92 Å². The molecule has 1 aromatic carbocycles. The van der Waals surface area contributed by atoms with Crippen LogP contribution in [0.15, 0.2) is 18.2 Å². The molecule has 2 rings (SSSR count). The number of rotatable bonds is 2. The Morgan fingerprint density at radius 1 is 1.44 bits per heavy atom. The lowest BCUT2D eigenvalue weighted by Gasteiger charge is -2.35. The van der Waals surface area contributed by atoms with E-state index < -0.39 is 0 Å². The zero-order chi connectivity index (χ0) is 13.3. The molecule has 0 radical (unpaired) electrons. The molecule has 3 N–H and O–H groups in total. The molecule has 0 aromatic heterocycles. The molecule has 5 nitrogen and oxygen atoms in total. The van der Waals surface area contributed by atoms with Gasteiger partial charge in [0, 0.05) is 12.2 Å². The molecule has 18 heavy (non-hydrogen) atoms. The Hall–Kier alpha value is -1.88. The van der Waals surface area contributed by atoms with Crippen LogP contribution in [-0.4, -0.2) is 24.4 Å². The van der Waals surface area contributed by atoms with E-state index in [0.29, 0.717) is 6.54 Å². The van der Waals surface area contributed by atoms with Gasteiger partial charge in [-0.3, -0.25) is 14.9 Å². The lowest BCUT2D eigenvalue weighted by Crippen LogP contribution is -2.57. The number of nitrogens with one attached hydrogen (secondary N) is 1. The Morgan fingerprint density at radius 3 is 2.83 bits per heavy atom. The Bertz CT molecular complexity index is 499. The zero-order valence-electron chi connectivity index (χ0n) is 10.6. The van der Waals surface area contributed by atoms with Crippen LogP contribution in [0.5, 0.6) is 0 Å². The lowest BCUT2D eigenvalue weighted by atomic mass is 10.0. The number of benzene rings is 1. The fourth-order valence-corrected chi connectivity index (χ4v) is 2.28. The van der Waals surface area contributed by atoms with E-state index in [0.717, 1.165) is 16.8 Å². The highest BCUT2D eigenvalue weighted by molar-refractivity contribution is 6.04. The molecule has 0 saturated carbocycles. The number of imide groups is 1. The number of hydrogen-bond acceptors (Lipinski definition) is 4. The highest BCUT2D eigenvalue weighted by Crippen LogP contribution is 2.27. The number of nitrogens with two attached hydrogens (primary N) is 1. The molecule has 0 aliphatic carbocycles. The molecular weight excluding hydrogens is 230 g/mol. The van der Waals surface area contributed by atoms with Crippen molar-refractivity contribution >= 4 is 17.5 Å². The van der Waals surface area contributed by atoms with E-state index in [9.17, 15) is 9.59 Å². The lowest BCUT2D eigenvalue weighted by molar-refractivity contribution is -0.132. The van der Waals surface area contributed by atoms with Crippen molar-refractivity contribution in [2.75, 3.05) is 11.4 Å². The van der Waals surface area contributed by atoms with Crippen LogP contribution in [0.4, 0.5) is 5.69 Å². The largest absolute Gasteiger partial charge is 0.350 e. The van der Waals surface area contributed by atoms with Crippen LogP contribution in [0.25, 0.3) is 0 Å². The molecule has 1 aliphatic rings. The molecule has 0 bridgehead atoms. The van der Waals surface area contributed by atoms with Crippen LogP contribution in [-0.2, 0) is 16.1 Å². The van der Waals surface area contributed by atoms with Crippen LogP contribution < -0.4 is 16.0 Å². The molecule has 0 spiro atoms. The van der Waals surface area contributed by atoms with Gasteiger partial charge in [0.15, 0.2) is 0 Å². The number of carbonyl (C=O) groups excluding carboxylic acids is 2. The van der Waals surface area contributed by atoms with Gasteiger partial charge in [0.05, 0.1) is 6.54 Å². The predicted octanol–water partition coefficient (Wildman–Crippen LogP) is 0.305. The monoisotopic (exact) mass is 247 g/mol. The second kappa shape index (κ2) is 4.78. The summed E-state index contributed by atoms with van der Waals surface area (Å²) in [6.45, 7) is 4.31. The summed E-state index contributed by atoms with van der Waals surface area (Å²) in [6.07, 6.45) is 0. The van der Waals surface area contributed by atoms with Crippen molar-refractivity contribution in [3.8, 4) is 0 Å². The zero-order valence-corrected chi connectivity index (χ0v) is 10.6. The average Bonchev–Trinajstić information content (AvgIpc) is 2.33. The SMILES string of the molecule is Cc1cccc(CN)c1N1CC(=O)NC(=O)C1C. The van der Waals surface area contributed by atoms with Crippen molar-refractivity contribution in [1.82, 2.24) is 5.32 Å². The summed E-state index contributed by atoms with van der Waals surface area (Å²) in [6, 6.07) is 5.44. The predicted molar refractivity (Wildman–Crippen MR) is 69.0 cm³/mol. The summed E-state index contributed by atoms with van der Waals surface area (Å²) in [4.78, 5) is 25.0. The fourth-order valence-electron chi connectivity index (χ4n) is 2.28. The molecule has 2 amide bonds. The molecule has 1 saturated heterocycles. The average molecular weight is 247 g/mol. The van der Waals surface area contributed by atoms with Gasteiger partial charge >= 0.3 is 0 Å². The van der Waals surface area contributed by atoms with Gasteiger partial charge in [-0.2, -0.15) is 0 Å². The van der Waals surface area contributed by atoms with Crippen molar-refractivity contribution in [3.05, 3.63) is 29.3 Å². The van der Waals surface area contributed by atoms with E-state index in [1.165, 1.54) is 0 Å². The minimum Gasteiger partial charge on any atom is -0.350 e. The number of carbonyl (C=O) groups is 2. The molecule has 1 atom stereocenters. The van der Waals surface area contributed by atoms with E-state index >= 15 is 0 Å². The quantitative estimate of drug-likeness (QED) is 0.737. The maximum atomic E-state index is 11.7. The molecule has 1 aliphatic heterocycles. The number of anilines is 1. The summed E-state index contributed by atoms with van der Waals surface area (Å²) in [7, 11) is 0. The fraction of sp³-hybridized carbons (Fsp3) is 0.385. The van der Waals surface area contributed by atoms with E-state index in [-0.39, 0.29) is 24.4 Å². The summed E-state index contributed by atoms with van der Waals surface area (Å²) in [5.41, 5.74) is 8.60. The number of aryl methyl sites for hydroxylation is 1. The van der Waals surface area contributed by atoms with Gasteiger partial charge in [-0.05, 0) is 25.0 Å². The molecule has 1 fully saturated rings. The normalized spacial score (nSPS) is 19.9. The first kappa shape index (κ1) is 12.6. The molecule has 1 unspecified atom stereocenters. The smallest absolute Gasteiger partial charge is 0.249 e. The van der Waals surface area contributed by atoms with Gasteiger partial charge in [-0.25, -0.2) is 0 Å². The maximum Gasteiger partial charge on any atom is 0.249 e.